The van der Waals surface area contributed by atoms with Crippen molar-refractivity contribution in [2.24, 2.45) is 0 Å². The molecular formula is C15H21N3O3. The van der Waals surface area contributed by atoms with Crippen molar-refractivity contribution in [3.05, 3.63) is 30.3 Å². The molecule has 2 unspecified atom stereocenters. The molecule has 21 heavy (non-hydrogen) atoms. The maximum atomic E-state index is 12.5. The molecule has 2 aliphatic heterocycles. The smallest absolute Gasteiger partial charge is 0.322 e. The molecule has 0 saturated carbocycles. The minimum atomic E-state index is -0.0494. The van der Waals surface area contributed by atoms with Gasteiger partial charge in [-0.15, -0.1) is 0 Å². The van der Waals surface area contributed by atoms with Crippen molar-refractivity contribution in [3.8, 4) is 0 Å². The molecule has 2 fully saturated rings. The van der Waals surface area contributed by atoms with E-state index < -0.39 is 0 Å². The highest BCUT2D eigenvalue weighted by Crippen LogP contribution is 2.17. The summed E-state index contributed by atoms with van der Waals surface area (Å²) >= 11 is 0. The van der Waals surface area contributed by atoms with E-state index in [1.807, 2.05) is 35.2 Å². The SMILES string of the molecule is O=C(Nc1ccccc1)N1CCNCC1CC1COCO1. The van der Waals surface area contributed by atoms with Crippen LogP contribution in [0.2, 0.25) is 0 Å². The Balaban J connectivity index is 1.61. The predicted molar refractivity (Wildman–Crippen MR) is 79.1 cm³/mol. The molecule has 6 nitrogen and oxygen atoms in total. The Bertz CT molecular complexity index is 462. The Labute approximate surface area is 124 Å². The van der Waals surface area contributed by atoms with Gasteiger partial charge < -0.3 is 25.0 Å². The van der Waals surface area contributed by atoms with E-state index in [9.17, 15) is 4.79 Å². The van der Waals surface area contributed by atoms with Crippen molar-refractivity contribution < 1.29 is 14.3 Å². The minimum absolute atomic E-state index is 0.0494. The highest BCUT2D eigenvalue weighted by molar-refractivity contribution is 5.89. The van der Waals surface area contributed by atoms with E-state index in [2.05, 4.69) is 10.6 Å². The van der Waals surface area contributed by atoms with Gasteiger partial charge in [0.1, 0.15) is 6.79 Å². The number of rotatable bonds is 3. The third-order valence-electron chi connectivity index (χ3n) is 3.86. The van der Waals surface area contributed by atoms with Gasteiger partial charge in [0.2, 0.25) is 0 Å². The number of amides is 2. The molecule has 2 saturated heterocycles. The number of carbonyl (C=O) groups excluding carboxylic acids is 1. The van der Waals surface area contributed by atoms with Crippen molar-refractivity contribution in [1.82, 2.24) is 10.2 Å². The number of nitrogens with zero attached hydrogens (tertiary/aromatic N) is 1. The van der Waals surface area contributed by atoms with Crippen LogP contribution in [0.25, 0.3) is 0 Å². The third kappa shape index (κ3) is 3.72. The van der Waals surface area contributed by atoms with Gasteiger partial charge >= 0.3 is 6.03 Å². The van der Waals surface area contributed by atoms with Crippen molar-refractivity contribution >= 4 is 11.7 Å². The quantitative estimate of drug-likeness (QED) is 0.880. The normalized spacial score (nSPS) is 25.8. The van der Waals surface area contributed by atoms with Gasteiger partial charge in [0.15, 0.2) is 0 Å². The van der Waals surface area contributed by atoms with E-state index in [0.29, 0.717) is 19.9 Å². The van der Waals surface area contributed by atoms with Gasteiger partial charge in [0.25, 0.3) is 0 Å². The highest BCUT2D eigenvalue weighted by Gasteiger charge is 2.30. The van der Waals surface area contributed by atoms with Crippen molar-refractivity contribution in [1.29, 1.82) is 0 Å². The number of anilines is 1. The van der Waals surface area contributed by atoms with Crippen LogP contribution in [0.5, 0.6) is 0 Å². The lowest BCUT2D eigenvalue weighted by Gasteiger charge is -2.37. The lowest BCUT2D eigenvalue weighted by Crippen LogP contribution is -2.55. The van der Waals surface area contributed by atoms with E-state index in [4.69, 9.17) is 9.47 Å². The first kappa shape index (κ1) is 14.3. The second kappa shape index (κ2) is 6.89. The molecule has 2 atom stereocenters. The van der Waals surface area contributed by atoms with Crippen LogP contribution in [0, 0.1) is 0 Å². The third-order valence-corrected chi connectivity index (χ3v) is 3.86. The van der Waals surface area contributed by atoms with Gasteiger partial charge in [-0.3, -0.25) is 0 Å². The van der Waals surface area contributed by atoms with Gasteiger partial charge in [-0.2, -0.15) is 0 Å². The number of piperazine rings is 1. The number of benzene rings is 1. The molecule has 1 aromatic carbocycles. The van der Waals surface area contributed by atoms with Crippen LogP contribution in [0.15, 0.2) is 30.3 Å². The Morgan fingerprint density at radius 2 is 2.24 bits per heavy atom. The summed E-state index contributed by atoms with van der Waals surface area (Å²) in [4.78, 5) is 14.4. The van der Waals surface area contributed by atoms with E-state index in [1.54, 1.807) is 0 Å². The van der Waals surface area contributed by atoms with Gasteiger partial charge in [0, 0.05) is 31.4 Å². The summed E-state index contributed by atoms with van der Waals surface area (Å²) in [5.74, 6) is 0. The molecule has 2 N–H and O–H groups in total. The van der Waals surface area contributed by atoms with Gasteiger partial charge in [-0.1, -0.05) is 18.2 Å². The second-order valence-electron chi connectivity index (χ2n) is 5.36. The molecule has 0 aliphatic carbocycles. The molecule has 1 aromatic rings. The first-order chi connectivity index (χ1) is 10.3. The standard InChI is InChI=1S/C15H21N3O3/c19-15(17-12-4-2-1-3-5-12)18-7-6-16-9-13(18)8-14-10-20-11-21-14/h1-5,13-14,16H,6-11H2,(H,17,19). The van der Waals surface area contributed by atoms with Crippen LogP contribution >= 0.6 is 0 Å². The average Bonchev–Trinajstić information content (AvgIpc) is 3.02. The molecule has 2 heterocycles. The summed E-state index contributed by atoms with van der Waals surface area (Å²) in [7, 11) is 0. The molecular weight excluding hydrogens is 270 g/mol. The summed E-state index contributed by atoms with van der Waals surface area (Å²) in [6.07, 6.45) is 0.886. The van der Waals surface area contributed by atoms with Crippen LogP contribution in [0.3, 0.4) is 0 Å². The van der Waals surface area contributed by atoms with Crippen LogP contribution in [-0.4, -0.2) is 56.1 Å². The first-order valence-electron chi connectivity index (χ1n) is 7.35. The van der Waals surface area contributed by atoms with E-state index in [-0.39, 0.29) is 18.2 Å². The fourth-order valence-corrected chi connectivity index (χ4v) is 2.77. The lowest BCUT2D eigenvalue weighted by molar-refractivity contribution is 0.0353. The van der Waals surface area contributed by atoms with Crippen LogP contribution in [0.4, 0.5) is 10.5 Å². The Hall–Kier alpha value is -1.63. The topological polar surface area (TPSA) is 62.8 Å². The second-order valence-corrected chi connectivity index (χ2v) is 5.36. The molecule has 6 heteroatoms. The fraction of sp³-hybridized carbons (Fsp3) is 0.533. The number of hydrogen-bond acceptors (Lipinski definition) is 4. The highest BCUT2D eigenvalue weighted by atomic mass is 16.7. The van der Waals surface area contributed by atoms with E-state index in [1.165, 1.54) is 0 Å². The molecule has 3 rings (SSSR count). The Morgan fingerprint density at radius 3 is 3.00 bits per heavy atom. The number of hydrogen-bond donors (Lipinski definition) is 2. The number of urea groups is 1. The minimum Gasteiger partial charge on any atom is -0.353 e. The number of carbonyl (C=O) groups is 1. The number of para-hydroxylation sites is 1. The van der Waals surface area contributed by atoms with Crippen molar-refractivity contribution in [3.63, 3.8) is 0 Å². The van der Waals surface area contributed by atoms with E-state index >= 15 is 0 Å². The zero-order valence-electron chi connectivity index (χ0n) is 12.0. The Kier molecular flexibility index (Phi) is 4.69. The van der Waals surface area contributed by atoms with Crippen molar-refractivity contribution in [2.45, 2.75) is 18.6 Å². The molecule has 0 radical (unpaired) electrons. The Morgan fingerprint density at radius 1 is 1.38 bits per heavy atom. The monoisotopic (exact) mass is 291 g/mol. The summed E-state index contributed by atoms with van der Waals surface area (Å²) in [6.45, 7) is 3.30. The molecule has 114 valence electrons. The number of nitrogens with one attached hydrogen (secondary N) is 2. The van der Waals surface area contributed by atoms with Crippen LogP contribution in [0.1, 0.15) is 6.42 Å². The van der Waals surface area contributed by atoms with Crippen molar-refractivity contribution in [2.75, 3.05) is 38.4 Å². The summed E-state index contributed by atoms with van der Waals surface area (Å²) in [5, 5.41) is 6.29. The predicted octanol–water partition coefficient (Wildman–Crippen LogP) is 1.26. The van der Waals surface area contributed by atoms with Gasteiger partial charge in [0.05, 0.1) is 12.7 Å². The van der Waals surface area contributed by atoms with E-state index in [0.717, 1.165) is 25.2 Å². The average molecular weight is 291 g/mol. The fourth-order valence-electron chi connectivity index (χ4n) is 2.77. The summed E-state index contributed by atoms with van der Waals surface area (Å²) in [5.41, 5.74) is 0.820. The zero-order valence-corrected chi connectivity index (χ0v) is 12.0. The first-order valence-corrected chi connectivity index (χ1v) is 7.35. The molecule has 0 spiro atoms. The largest absolute Gasteiger partial charge is 0.353 e. The van der Waals surface area contributed by atoms with Gasteiger partial charge in [-0.25, -0.2) is 4.79 Å². The molecule has 2 amide bonds. The van der Waals surface area contributed by atoms with Crippen LogP contribution < -0.4 is 10.6 Å². The summed E-state index contributed by atoms with van der Waals surface area (Å²) < 4.78 is 10.7. The maximum Gasteiger partial charge on any atom is 0.322 e. The summed E-state index contributed by atoms with van der Waals surface area (Å²) in [6, 6.07) is 9.62. The molecule has 2 aliphatic rings. The number of ether oxygens (including phenoxy) is 2. The molecule has 0 aromatic heterocycles. The lowest BCUT2D eigenvalue weighted by atomic mass is 10.1. The van der Waals surface area contributed by atoms with Crippen LogP contribution in [-0.2, 0) is 9.47 Å². The van der Waals surface area contributed by atoms with Gasteiger partial charge in [-0.05, 0) is 18.6 Å². The zero-order chi connectivity index (χ0) is 14.5. The maximum absolute atomic E-state index is 12.5. The molecule has 0 bridgehead atoms.